The van der Waals surface area contributed by atoms with Crippen LogP contribution in [0.15, 0.2) is 42.0 Å². The summed E-state index contributed by atoms with van der Waals surface area (Å²) in [5.41, 5.74) is 0.970. The van der Waals surface area contributed by atoms with Gasteiger partial charge in [0.1, 0.15) is 0 Å². The van der Waals surface area contributed by atoms with E-state index in [-0.39, 0.29) is 17.9 Å². The molecule has 0 saturated carbocycles. The van der Waals surface area contributed by atoms with E-state index < -0.39 is 0 Å². The molecule has 3 amide bonds. The first kappa shape index (κ1) is 17.4. The Morgan fingerprint density at radius 2 is 2.16 bits per heavy atom. The van der Waals surface area contributed by atoms with Crippen LogP contribution in [0.2, 0.25) is 0 Å². The van der Waals surface area contributed by atoms with Crippen molar-refractivity contribution < 1.29 is 9.59 Å². The standard InChI is InChI=1S/C18H22N4O2S/c23-17(20-11-14-4-1-7-19-10-14)15-5-2-8-22(13-15)18(24)21-12-16-6-3-9-25-16/h1,3-4,6-7,9-10,15H,2,5,8,11-13H2,(H,20,23)(H,21,24). The average molecular weight is 358 g/mol. The Balaban J connectivity index is 1.46. The van der Waals surface area contributed by atoms with Crippen molar-refractivity contribution in [3.8, 4) is 0 Å². The molecule has 1 atom stereocenters. The smallest absolute Gasteiger partial charge is 0.317 e. The van der Waals surface area contributed by atoms with Gasteiger partial charge in [-0.3, -0.25) is 9.78 Å². The van der Waals surface area contributed by atoms with E-state index in [0.717, 1.165) is 23.3 Å². The van der Waals surface area contributed by atoms with Gasteiger partial charge in [0.25, 0.3) is 0 Å². The van der Waals surface area contributed by atoms with Crippen LogP contribution in [-0.2, 0) is 17.9 Å². The number of thiophene rings is 1. The molecule has 3 heterocycles. The van der Waals surface area contributed by atoms with Crippen LogP contribution < -0.4 is 10.6 Å². The zero-order valence-corrected chi connectivity index (χ0v) is 14.8. The highest BCUT2D eigenvalue weighted by Gasteiger charge is 2.28. The molecule has 3 rings (SSSR count). The fourth-order valence-corrected chi connectivity index (χ4v) is 3.54. The van der Waals surface area contributed by atoms with Crippen LogP contribution >= 0.6 is 11.3 Å². The SMILES string of the molecule is O=C(NCc1cccnc1)C1CCCN(C(=O)NCc2cccs2)C1. The molecular formula is C18H22N4O2S. The molecule has 2 N–H and O–H groups in total. The Morgan fingerprint density at radius 1 is 1.24 bits per heavy atom. The fraction of sp³-hybridized carbons (Fsp3) is 0.389. The largest absolute Gasteiger partial charge is 0.352 e. The molecule has 2 aromatic rings. The predicted octanol–water partition coefficient (Wildman–Crippen LogP) is 2.38. The predicted molar refractivity (Wildman–Crippen MR) is 96.9 cm³/mol. The number of hydrogen-bond acceptors (Lipinski definition) is 4. The second kappa shape index (κ2) is 8.62. The summed E-state index contributed by atoms with van der Waals surface area (Å²) in [6.07, 6.45) is 5.11. The maximum absolute atomic E-state index is 12.4. The van der Waals surface area contributed by atoms with Crippen LogP contribution in [-0.4, -0.2) is 34.9 Å². The number of nitrogens with zero attached hydrogens (tertiary/aromatic N) is 2. The van der Waals surface area contributed by atoms with Crippen molar-refractivity contribution >= 4 is 23.3 Å². The van der Waals surface area contributed by atoms with Gasteiger partial charge in [-0.15, -0.1) is 11.3 Å². The summed E-state index contributed by atoms with van der Waals surface area (Å²) in [7, 11) is 0. The molecule has 25 heavy (non-hydrogen) atoms. The Hall–Kier alpha value is -2.41. The molecule has 0 aliphatic carbocycles. The quantitative estimate of drug-likeness (QED) is 0.862. The lowest BCUT2D eigenvalue weighted by atomic mass is 9.97. The third kappa shape index (κ3) is 5.03. The zero-order valence-electron chi connectivity index (χ0n) is 14.0. The average Bonchev–Trinajstić information content (AvgIpc) is 3.18. The number of carbonyl (C=O) groups is 2. The van der Waals surface area contributed by atoms with Gasteiger partial charge in [-0.2, -0.15) is 0 Å². The summed E-state index contributed by atoms with van der Waals surface area (Å²) in [6, 6.07) is 7.64. The van der Waals surface area contributed by atoms with Gasteiger partial charge >= 0.3 is 6.03 Å². The lowest BCUT2D eigenvalue weighted by Gasteiger charge is -2.32. The number of rotatable bonds is 5. The topological polar surface area (TPSA) is 74.3 Å². The number of carbonyl (C=O) groups excluding carboxylic acids is 2. The fourth-order valence-electron chi connectivity index (χ4n) is 2.90. The van der Waals surface area contributed by atoms with Crippen molar-refractivity contribution in [1.82, 2.24) is 20.5 Å². The van der Waals surface area contributed by atoms with Crippen LogP contribution in [0.1, 0.15) is 23.3 Å². The first-order valence-electron chi connectivity index (χ1n) is 8.44. The Morgan fingerprint density at radius 3 is 2.92 bits per heavy atom. The van der Waals surface area contributed by atoms with Crippen molar-refractivity contribution in [1.29, 1.82) is 0 Å². The van der Waals surface area contributed by atoms with Crippen LogP contribution in [0, 0.1) is 5.92 Å². The number of amides is 3. The molecule has 132 valence electrons. The highest BCUT2D eigenvalue weighted by Crippen LogP contribution is 2.17. The zero-order chi connectivity index (χ0) is 17.5. The lowest BCUT2D eigenvalue weighted by molar-refractivity contribution is -0.126. The summed E-state index contributed by atoms with van der Waals surface area (Å²) in [5.74, 6) is -0.155. The Kier molecular flexibility index (Phi) is 6.00. The normalized spacial score (nSPS) is 17.1. The Bertz CT molecular complexity index is 690. The van der Waals surface area contributed by atoms with Gasteiger partial charge in [0, 0.05) is 36.9 Å². The van der Waals surface area contributed by atoms with Gasteiger partial charge in [0.2, 0.25) is 5.91 Å². The number of piperidine rings is 1. The molecule has 0 spiro atoms. The highest BCUT2D eigenvalue weighted by molar-refractivity contribution is 7.09. The van der Waals surface area contributed by atoms with E-state index in [2.05, 4.69) is 15.6 Å². The van der Waals surface area contributed by atoms with Crippen LogP contribution in [0.4, 0.5) is 4.79 Å². The van der Waals surface area contributed by atoms with Gasteiger partial charge in [0.05, 0.1) is 12.5 Å². The monoisotopic (exact) mass is 358 g/mol. The van der Waals surface area contributed by atoms with E-state index in [0.29, 0.717) is 26.2 Å². The van der Waals surface area contributed by atoms with Gasteiger partial charge in [0.15, 0.2) is 0 Å². The third-order valence-corrected chi connectivity index (χ3v) is 5.14. The van der Waals surface area contributed by atoms with Gasteiger partial charge < -0.3 is 15.5 Å². The molecule has 0 bridgehead atoms. The van der Waals surface area contributed by atoms with Crippen molar-refractivity contribution in [2.45, 2.75) is 25.9 Å². The molecule has 1 aliphatic heterocycles. The lowest BCUT2D eigenvalue weighted by Crippen LogP contribution is -2.48. The number of hydrogen-bond donors (Lipinski definition) is 2. The molecular weight excluding hydrogens is 336 g/mol. The summed E-state index contributed by atoms with van der Waals surface area (Å²) < 4.78 is 0. The van der Waals surface area contributed by atoms with Crippen molar-refractivity contribution in [2.75, 3.05) is 13.1 Å². The van der Waals surface area contributed by atoms with E-state index in [1.807, 2.05) is 29.6 Å². The number of urea groups is 1. The van der Waals surface area contributed by atoms with Crippen LogP contribution in [0.3, 0.4) is 0 Å². The van der Waals surface area contributed by atoms with E-state index >= 15 is 0 Å². The second-order valence-corrected chi connectivity index (χ2v) is 7.13. The molecule has 0 aromatic carbocycles. The van der Waals surface area contributed by atoms with E-state index in [1.54, 1.807) is 28.6 Å². The molecule has 1 fully saturated rings. The number of nitrogens with one attached hydrogen (secondary N) is 2. The molecule has 1 aliphatic rings. The van der Waals surface area contributed by atoms with Crippen molar-refractivity contribution in [3.05, 3.63) is 52.5 Å². The molecule has 1 unspecified atom stereocenters. The summed E-state index contributed by atoms with van der Waals surface area (Å²) in [5, 5.41) is 7.87. The van der Waals surface area contributed by atoms with Gasteiger partial charge in [-0.1, -0.05) is 12.1 Å². The van der Waals surface area contributed by atoms with Crippen molar-refractivity contribution in [2.24, 2.45) is 5.92 Å². The molecule has 1 saturated heterocycles. The van der Waals surface area contributed by atoms with E-state index in [9.17, 15) is 9.59 Å². The molecule has 0 radical (unpaired) electrons. The van der Waals surface area contributed by atoms with Crippen molar-refractivity contribution in [3.63, 3.8) is 0 Å². The minimum atomic E-state index is -0.155. The minimum Gasteiger partial charge on any atom is -0.352 e. The Labute approximate surface area is 151 Å². The van der Waals surface area contributed by atoms with Crippen LogP contribution in [0.25, 0.3) is 0 Å². The highest BCUT2D eigenvalue weighted by atomic mass is 32.1. The second-order valence-electron chi connectivity index (χ2n) is 6.10. The maximum atomic E-state index is 12.4. The number of aromatic nitrogens is 1. The number of likely N-dealkylation sites (tertiary alicyclic amines) is 1. The minimum absolute atomic E-state index is 0.000361. The molecule has 6 nitrogen and oxygen atoms in total. The van der Waals surface area contributed by atoms with Gasteiger partial charge in [-0.25, -0.2) is 4.79 Å². The first-order chi connectivity index (χ1) is 12.2. The summed E-state index contributed by atoms with van der Waals surface area (Å²) in [6.45, 7) is 2.16. The summed E-state index contributed by atoms with van der Waals surface area (Å²) in [4.78, 5) is 31.6. The van der Waals surface area contributed by atoms with Crippen LogP contribution in [0.5, 0.6) is 0 Å². The summed E-state index contributed by atoms with van der Waals surface area (Å²) >= 11 is 1.62. The molecule has 7 heteroatoms. The third-order valence-electron chi connectivity index (χ3n) is 4.26. The van der Waals surface area contributed by atoms with E-state index in [1.165, 1.54) is 0 Å². The molecule has 2 aromatic heterocycles. The maximum Gasteiger partial charge on any atom is 0.317 e. The van der Waals surface area contributed by atoms with E-state index in [4.69, 9.17) is 0 Å². The van der Waals surface area contributed by atoms with Gasteiger partial charge in [-0.05, 0) is 35.9 Å². The first-order valence-corrected chi connectivity index (χ1v) is 9.32. The number of pyridine rings is 1.